The van der Waals surface area contributed by atoms with Crippen molar-refractivity contribution in [3.8, 4) is 0 Å². The van der Waals surface area contributed by atoms with Gasteiger partial charge in [-0.2, -0.15) is 0 Å². The third-order valence-electron chi connectivity index (χ3n) is 5.25. The first-order valence-corrected chi connectivity index (χ1v) is 8.63. The Labute approximate surface area is 137 Å². The van der Waals surface area contributed by atoms with E-state index in [0.717, 1.165) is 12.1 Å². The highest BCUT2D eigenvalue weighted by molar-refractivity contribution is 5.79. The number of hydrogen-bond donors (Lipinski definition) is 1. The topological polar surface area (TPSA) is 54.5 Å². The molecular formula is C19H24N4. The first-order valence-electron chi connectivity index (χ1n) is 8.63. The molecule has 1 fully saturated rings. The molecular weight excluding hydrogens is 284 g/mol. The van der Waals surface area contributed by atoms with Gasteiger partial charge in [-0.3, -0.25) is 4.98 Å². The summed E-state index contributed by atoms with van der Waals surface area (Å²) in [6.07, 6.45) is 10.1. The molecule has 3 heterocycles. The second-order valence-electron chi connectivity index (χ2n) is 7.07. The maximum atomic E-state index is 5.92. The van der Waals surface area contributed by atoms with Crippen molar-refractivity contribution in [2.75, 3.05) is 0 Å². The van der Waals surface area contributed by atoms with E-state index in [1.165, 1.54) is 48.2 Å². The molecule has 120 valence electrons. The van der Waals surface area contributed by atoms with E-state index in [2.05, 4.69) is 35.9 Å². The van der Waals surface area contributed by atoms with Crippen LogP contribution in [0.1, 0.15) is 61.9 Å². The summed E-state index contributed by atoms with van der Waals surface area (Å²) in [7, 11) is 0. The number of aryl methyl sites for hydroxylation is 1. The Bertz CT molecular complexity index is 723. The largest absolute Gasteiger partial charge is 0.384 e. The number of rotatable bonds is 2. The Hall–Kier alpha value is -2.10. The highest BCUT2D eigenvalue weighted by Gasteiger charge is 2.30. The molecule has 4 rings (SSSR count). The third-order valence-corrected chi connectivity index (χ3v) is 5.25. The molecule has 1 saturated carbocycles. The molecule has 1 unspecified atom stereocenters. The van der Waals surface area contributed by atoms with Gasteiger partial charge in [0, 0.05) is 29.3 Å². The van der Waals surface area contributed by atoms with Crippen molar-refractivity contribution in [2.24, 2.45) is 10.7 Å². The second-order valence-corrected chi connectivity index (χ2v) is 7.07. The lowest BCUT2D eigenvalue weighted by Gasteiger charge is -2.23. The summed E-state index contributed by atoms with van der Waals surface area (Å²) in [5, 5.41) is 0. The van der Waals surface area contributed by atoms with Gasteiger partial charge in [0.25, 0.3) is 0 Å². The average Bonchev–Trinajstić information content (AvgIpc) is 3.15. The maximum Gasteiger partial charge on any atom is 0.127 e. The molecule has 1 aliphatic carbocycles. The Morgan fingerprint density at radius 3 is 2.78 bits per heavy atom. The average molecular weight is 308 g/mol. The molecule has 0 aromatic carbocycles. The zero-order valence-electron chi connectivity index (χ0n) is 13.9. The lowest BCUT2D eigenvalue weighted by molar-refractivity contribution is 0.454. The van der Waals surface area contributed by atoms with E-state index >= 15 is 0 Å². The zero-order chi connectivity index (χ0) is 16.0. The van der Waals surface area contributed by atoms with Crippen molar-refractivity contribution in [2.45, 2.75) is 57.9 Å². The van der Waals surface area contributed by atoms with Crippen LogP contribution in [0.3, 0.4) is 0 Å². The lowest BCUT2D eigenvalue weighted by Crippen LogP contribution is -2.27. The number of allylic oxidation sites excluding steroid dienone is 1. The number of nitrogens with zero attached hydrogens (tertiary/aromatic N) is 3. The summed E-state index contributed by atoms with van der Waals surface area (Å²) in [4.78, 5) is 11.5. The molecule has 23 heavy (non-hydrogen) atoms. The van der Waals surface area contributed by atoms with Crippen LogP contribution in [-0.4, -0.2) is 22.3 Å². The molecule has 0 saturated heterocycles. The fraction of sp³-hybridized carbons (Fsp3) is 0.474. The van der Waals surface area contributed by atoms with Gasteiger partial charge in [-0.25, -0.2) is 4.99 Å². The molecule has 0 bridgehead atoms. The van der Waals surface area contributed by atoms with Crippen molar-refractivity contribution < 1.29 is 0 Å². The van der Waals surface area contributed by atoms with Crippen LogP contribution in [0.15, 0.2) is 34.7 Å². The van der Waals surface area contributed by atoms with E-state index in [4.69, 9.17) is 10.7 Å². The highest BCUT2D eigenvalue weighted by atomic mass is 15.2. The lowest BCUT2D eigenvalue weighted by atomic mass is 9.98. The molecule has 0 amide bonds. The summed E-state index contributed by atoms with van der Waals surface area (Å²) in [6, 6.07) is 4.89. The first-order chi connectivity index (χ1) is 11.1. The molecule has 1 aromatic rings. The Kier molecular flexibility index (Phi) is 3.47. The third kappa shape index (κ3) is 2.56. The summed E-state index contributed by atoms with van der Waals surface area (Å²) in [5.41, 5.74) is 12.1. The van der Waals surface area contributed by atoms with Gasteiger partial charge < -0.3 is 10.6 Å². The van der Waals surface area contributed by atoms with Crippen LogP contribution in [0.5, 0.6) is 0 Å². The van der Waals surface area contributed by atoms with Gasteiger partial charge in [0.2, 0.25) is 0 Å². The monoisotopic (exact) mass is 308 g/mol. The molecule has 1 atom stereocenters. The van der Waals surface area contributed by atoms with Gasteiger partial charge in [0.05, 0.1) is 17.7 Å². The number of fused-ring (bicyclic) bond motifs is 1. The number of hydrogen-bond acceptors (Lipinski definition) is 4. The predicted octanol–water partition coefficient (Wildman–Crippen LogP) is 3.69. The molecule has 3 aliphatic rings. The van der Waals surface area contributed by atoms with Crippen LogP contribution >= 0.6 is 0 Å². The molecule has 0 radical (unpaired) electrons. The van der Waals surface area contributed by atoms with E-state index in [1.807, 2.05) is 12.4 Å². The molecule has 0 spiro atoms. The summed E-state index contributed by atoms with van der Waals surface area (Å²) in [6.45, 7) is 4.40. The van der Waals surface area contributed by atoms with E-state index in [0.29, 0.717) is 17.8 Å². The predicted molar refractivity (Wildman–Crippen MR) is 93.8 cm³/mol. The van der Waals surface area contributed by atoms with Gasteiger partial charge in [0.15, 0.2) is 0 Å². The minimum atomic E-state index is 0.408. The smallest absolute Gasteiger partial charge is 0.127 e. The van der Waals surface area contributed by atoms with Crippen LogP contribution in [0.2, 0.25) is 0 Å². The highest BCUT2D eigenvalue weighted by Crippen LogP contribution is 2.38. The van der Waals surface area contributed by atoms with Gasteiger partial charge in [-0.05, 0) is 50.8 Å². The summed E-state index contributed by atoms with van der Waals surface area (Å²) >= 11 is 0. The van der Waals surface area contributed by atoms with Gasteiger partial charge in [-0.15, -0.1) is 0 Å². The van der Waals surface area contributed by atoms with Crippen molar-refractivity contribution in [3.05, 3.63) is 46.7 Å². The molecule has 4 nitrogen and oxygen atoms in total. The summed E-state index contributed by atoms with van der Waals surface area (Å²) in [5.74, 6) is 1.22. The van der Waals surface area contributed by atoms with Gasteiger partial charge in [-0.1, -0.05) is 12.8 Å². The van der Waals surface area contributed by atoms with Gasteiger partial charge in [0.1, 0.15) is 5.82 Å². The van der Waals surface area contributed by atoms with Crippen molar-refractivity contribution in [3.63, 3.8) is 0 Å². The maximum absolute atomic E-state index is 5.92. The van der Waals surface area contributed by atoms with Crippen LogP contribution in [0, 0.1) is 6.92 Å². The first kappa shape index (κ1) is 14.5. The van der Waals surface area contributed by atoms with Gasteiger partial charge >= 0.3 is 0 Å². The number of aromatic nitrogens is 1. The van der Waals surface area contributed by atoms with E-state index in [9.17, 15) is 0 Å². The van der Waals surface area contributed by atoms with Crippen LogP contribution < -0.4 is 5.73 Å². The SMILES string of the molecule is Cc1cc(C2=C3C=C(N)N=CN3C(C)C2)nc(C2CCCC2)c1. The Morgan fingerprint density at radius 1 is 1.22 bits per heavy atom. The summed E-state index contributed by atoms with van der Waals surface area (Å²) < 4.78 is 0. The van der Waals surface area contributed by atoms with Crippen molar-refractivity contribution in [1.29, 1.82) is 0 Å². The minimum absolute atomic E-state index is 0.408. The molecule has 1 aromatic heterocycles. The molecule has 2 aliphatic heterocycles. The minimum Gasteiger partial charge on any atom is -0.384 e. The zero-order valence-corrected chi connectivity index (χ0v) is 13.9. The van der Waals surface area contributed by atoms with Crippen LogP contribution in [0.25, 0.3) is 5.57 Å². The van der Waals surface area contributed by atoms with Crippen LogP contribution in [0.4, 0.5) is 0 Å². The molecule has 2 N–H and O–H groups in total. The van der Waals surface area contributed by atoms with E-state index in [1.54, 1.807) is 0 Å². The number of nitrogens with two attached hydrogens (primary N) is 1. The van der Waals surface area contributed by atoms with E-state index < -0.39 is 0 Å². The Balaban J connectivity index is 1.78. The Morgan fingerprint density at radius 2 is 2.00 bits per heavy atom. The number of pyridine rings is 1. The standard InChI is InChI=1S/C19H24N4/c1-12-7-16(14-5-3-4-6-14)22-17(8-12)15-9-13(2)23-11-21-19(20)10-18(15)23/h7-8,10-11,13-14H,3-6,9,20H2,1-2H3. The van der Waals surface area contributed by atoms with Crippen LogP contribution in [-0.2, 0) is 0 Å². The van der Waals surface area contributed by atoms with Crippen molar-refractivity contribution >= 4 is 11.9 Å². The quantitative estimate of drug-likeness (QED) is 0.906. The second kappa shape index (κ2) is 5.52. The number of aliphatic imine (C=N–C) groups is 1. The normalized spacial score (nSPS) is 24.3. The molecule has 4 heteroatoms. The van der Waals surface area contributed by atoms with E-state index in [-0.39, 0.29) is 0 Å². The fourth-order valence-corrected chi connectivity index (χ4v) is 4.05. The fourth-order valence-electron chi connectivity index (χ4n) is 4.05. The van der Waals surface area contributed by atoms with Crippen molar-refractivity contribution in [1.82, 2.24) is 9.88 Å².